The highest BCUT2D eigenvalue weighted by Crippen LogP contribution is 2.30. The minimum atomic E-state index is 0.335. The van der Waals surface area contributed by atoms with Gasteiger partial charge in [0, 0.05) is 17.5 Å². The third-order valence-corrected chi connectivity index (χ3v) is 5.43. The first-order valence-corrected chi connectivity index (χ1v) is 9.67. The highest BCUT2D eigenvalue weighted by atomic mass is 35.5. The molecule has 140 valence electrons. The molecule has 6 nitrogen and oxygen atoms in total. The van der Waals surface area contributed by atoms with Gasteiger partial charge in [0.2, 0.25) is 0 Å². The second-order valence-electron chi connectivity index (χ2n) is 7.17. The van der Waals surface area contributed by atoms with Gasteiger partial charge in [0.1, 0.15) is 18.2 Å². The first-order valence-electron chi connectivity index (χ1n) is 9.29. The van der Waals surface area contributed by atoms with E-state index < -0.39 is 0 Å². The fraction of sp³-hybridized carbons (Fsp3) is 0.579. The van der Waals surface area contributed by atoms with E-state index >= 15 is 0 Å². The lowest BCUT2D eigenvalue weighted by atomic mass is 10.0. The van der Waals surface area contributed by atoms with Crippen molar-refractivity contribution in [3.8, 4) is 5.75 Å². The van der Waals surface area contributed by atoms with Gasteiger partial charge in [-0.25, -0.2) is 9.67 Å². The van der Waals surface area contributed by atoms with Crippen molar-refractivity contribution < 1.29 is 9.47 Å². The first kappa shape index (κ1) is 17.8. The van der Waals surface area contributed by atoms with Crippen LogP contribution in [0.5, 0.6) is 5.75 Å². The molecule has 1 aromatic heterocycles. The van der Waals surface area contributed by atoms with Gasteiger partial charge in [0.05, 0.1) is 12.6 Å². The Labute approximate surface area is 159 Å². The molecule has 0 saturated carbocycles. The molecule has 0 amide bonds. The van der Waals surface area contributed by atoms with Crippen molar-refractivity contribution >= 4 is 11.6 Å². The third-order valence-electron chi connectivity index (χ3n) is 5.19. The predicted octanol–water partition coefficient (Wildman–Crippen LogP) is 3.28. The molecule has 1 atom stereocenters. The molecular formula is C19H25ClN4O2. The lowest BCUT2D eigenvalue weighted by Crippen LogP contribution is -2.32. The third kappa shape index (κ3) is 4.03. The molecule has 0 bridgehead atoms. The number of ether oxygens (including phenoxy) is 2. The van der Waals surface area contributed by atoms with Crippen molar-refractivity contribution in [2.24, 2.45) is 0 Å². The molecule has 3 heterocycles. The second kappa shape index (κ2) is 7.94. The summed E-state index contributed by atoms with van der Waals surface area (Å²) in [4.78, 5) is 7.19. The van der Waals surface area contributed by atoms with Crippen LogP contribution >= 0.6 is 11.6 Å². The Bertz CT molecular complexity index is 737. The fourth-order valence-corrected chi connectivity index (χ4v) is 3.85. The molecule has 0 radical (unpaired) electrons. The van der Waals surface area contributed by atoms with Gasteiger partial charge in [0.15, 0.2) is 5.82 Å². The summed E-state index contributed by atoms with van der Waals surface area (Å²) in [5, 5.41) is 5.48. The van der Waals surface area contributed by atoms with E-state index in [1.54, 1.807) is 6.07 Å². The van der Waals surface area contributed by atoms with Crippen LogP contribution in [0.4, 0.5) is 0 Å². The Kier molecular flexibility index (Phi) is 5.43. The van der Waals surface area contributed by atoms with Crippen LogP contribution in [0.15, 0.2) is 24.3 Å². The zero-order valence-corrected chi connectivity index (χ0v) is 15.9. The molecule has 7 heteroatoms. The topological polar surface area (TPSA) is 52.4 Å². The molecule has 0 N–H and O–H groups in total. The second-order valence-corrected chi connectivity index (χ2v) is 7.61. The summed E-state index contributed by atoms with van der Waals surface area (Å²) < 4.78 is 13.6. The summed E-state index contributed by atoms with van der Waals surface area (Å²) in [6, 6.07) is 7.82. The lowest BCUT2D eigenvalue weighted by molar-refractivity contribution is 0.188. The summed E-state index contributed by atoms with van der Waals surface area (Å²) in [6.07, 6.45) is 3.23. The maximum Gasteiger partial charge on any atom is 0.188 e. The molecule has 1 aromatic carbocycles. The molecule has 26 heavy (non-hydrogen) atoms. The number of halogens is 1. The van der Waals surface area contributed by atoms with Crippen molar-refractivity contribution in [2.75, 3.05) is 33.4 Å². The average molecular weight is 377 g/mol. The van der Waals surface area contributed by atoms with E-state index in [9.17, 15) is 0 Å². The Morgan fingerprint density at radius 3 is 2.85 bits per heavy atom. The molecule has 2 aliphatic heterocycles. The predicted molar refractivity (Wildman–Crippen MR) is 99.8 cm³/mol. The highest BCUT2D eigenvalue weighted by Gasteiger charge is 2.29. The van der Waals surface area contributed by atoms with Crippen molar-refractivity contribution in [3.63, 3.8) is 0 Å². The van der Waals surface area contributed by atoms with Gasteiger partial charge < -0.3 is 14.4 Å². The lowest BCUT2D eigenvalue weighted by Gasteiger charge is -2.30. The van der Waals surface area contributed by atoms with E-state index in [1.165, 1.54) is 0 Å². The first-order chi connectivity index (χ1) is 12.7. The largest absolute Gasteiger partial charge is 0.485 e. The van der Waals surface area contributed by atoms with Crippen molar-refractivity contribution in [2.45, 2.75) is 37.8 Å². The maximum atomic E-state index is 6.02. The highest BCUT2D eigenvalue weighted by molar-refractivity contribution is 6.30. The van der Waals surface area contributed by atoms with Crippen LogP contribution in [-0.2, 0) is 11.3 Å². The number of likely N-dealkylation sites (tertiary alicyclic amines) is 1. The van der Waals surface area contributed by atoms with Gasteiger partial charge in [-0.3, -0.25) is 0 Å². The number of nitrogens with zero attached hydrogens (tertiary/aromatic N) is 4. The number of aromatic nitrogens is 3. The van der Waals surface area contributed by atoms with E-state index in [1.807, 2.05) is 18.2 Å². The normalized spacial score (nSPS) is 22.0. The molecular weight excluding hydrogens is 352 g/mol. The average Bonchev–Trinajstić information content (AvgIpc) is 3.30. The van der Waals surface area contributed by atoms with Crippen molar-refractivity contribution in [1.29, 1.82) is 0 Å². The van der Waals surface area contributed by atoms with E-state index in [-0.39, 0.29) is 0 Å². The number of hydrogen-bond acceptors (Lipinski definition) is 5. The quantitative estimate of drug-likeness (QED) is 0.801. The van der Waals surface area contributed by atoms with Crippen LogP contribution in [0.2, 0.25) is 5.02 Å². The molecule has 2 aliphatic rings. The summed E-state index contributed by atoms with van der Waals surface area (Å²) in [5.74, 6) is 2.86. The molecule has 0 aliphatic carbocycles. The SMILES string of the molecule is CN1CCC(n2nc(COc3cccc(Cl)c3)nc2[C@H]2CCOC2)CC1. The Balaban J connectivity index is 1.52. The van der Waals surface area contributed by atoms with Gasteiger partial charge in [-0.2, -0.15) is 5.10 Å². The van der Waals surface area contributed by atoms with Gasteiger partial charge in [-0.1, -0.05) is 17.7 Å². The van der Waals surface area contributed by atoms with Crippen LogP contribution in [0.1, 0.15) is 42.9 Å². The molecule has 0 unspecified atom stereocenters. The molecule has 2 aromatic rings. The summed E-state index contributed by atoms with van der Waals surface area (Å²) >= 11 is 6.02. The molecule has 2 fully saturated rings. The fourth-order valence-electron chi connectivity index (χ4n) is 3.67. The van der Waals surface area contributed by atoms with Gasteiger partial charge >= 0.3 is 0 Å². The standard InChI is InChI=1S/C19H25ClN4O2/c1-23-8-5-16(6-9-23)24-19(14-7-10-25-12-14)21-18(22-24)13-26-17-4-2-3-15(20)11-17/h2-4,11,14,16H,5-10,12-13H2,1H3/t14-/m0/s1. The van der Waals surface area contributed by atoms with Crippen LogP contribution in [0, 0.1) is 0 Å². The van der Waals surface area contributed by atoms with E-state index in [2.05, 4.69) is 16.6 Å². The summed E-state index contributed by atoms with van der Waals surface area (Å²) in [6.45, 7) is 4.08. The smallest absolute Gasteiger partial charge is 0.188 e. The van der Waals surface area contributed by atoms with E-state index in [4.69, 9.17) is 31.2 Å². The number of piperidine rings is 1. The Hall–Kier alpha value is -1.63. The van der Waals surface area contributed by atoms with Crippen LogP contribution in [0.3, 0.4) is 0 Å². The van der Waals surface area contributed by atoms with Crippen LogP contribution in [-0.4, -0.2) is 53.0 Å². The van der Waals surface area contributed by atoms with E-state index in [0.29, 0.717) is 23.6 Å². The van der Waals surface area contributed by atoms with Crippen LogP contribution in [0.25, 0.3) is 0 Å². The minimum absolute atomic E-state index is 0.335. The van der Waals surface area contributed by atoms with Crippen LogP contribution < -0.4 is 4.74 Å². The monoisotopic (exact) mass is 376 g/mol. The molecule has 4 rings (SSSR count). The number of rotatable bonds is 5. The molecule has 0 spiro atoms. The minimum Gasteiger partial charge on any atom is -0.485 e. The summed E-state index contributed by atoms with van der Waals surface area (Å²) in [5.41, 5.74) is 0. The molecule has 2 saturated heterocycles. The Morgan fingerprint density at radius 2 is 2.12 bits per heavy atom. The zero-order valence-electron chi connectivity index (χ0n) is 15.1. The van der Waals surface area contributed by atoms with Gasteiger partial charge in [-0.15, -0.1) is 0 Å². The van der Waals surface area contributed by atoms with E-state index in [0.717, 1.165) is 63.0 Å². The maximum absolute atomic E-state index is 6.02. The van der Waals surface area contributed by atoms with Crippen molar-refractivity contribution in [1.82, 2.24) is 19.7 Å². The van der Waals surface area contributed by atoms with Gasteiger partial charge in [-0.05, 0) is 57.6 Å². The number of hydrogen-bond donors (Lipinski definition) is 0. The van der Waals surface area contributed by atoms with Gasteiger partial charge in [0.25, 0.3) is 0 Å². The number of benzene rings is 1. The summed E-state index contributed by atoms with van der Waals surface area (Å²) in [7, 11) is 2.17. The Morgan fingerprint density at radius 1 is 1.27 bits per heavy atom. The zero-order chi connectivity index (χ0) is 17.9. The van der Waals surface area contributed by atoms with Crippen molar-refractivity contribution in [3.05, 3.63) is 40.9 Å².